The van der Waals surface area contributed by atoms with Crippen molar-refractivity contribution in [3.8, 4) is 11.5 Å². The smallest absolute Gasteiger partial charge is 0.291 e. The monoisotopic (exact) mass is 313 g/mol. The van der Waals surface area contributed by atoms with E-state index in [2.05, 4.69) is 5.32 Å². The van der Waals surface area contributed by atoms with E-state index in [4.69, 9.17) is 20.8 Å². The summed E-state index contributed by atoms with van der Waals surface area (Å²) in [5.41, 5.74) is 0.531. The standard InChI is InChI=1S/C17H12ClNO3/c18-12-6-1-3-8-14(12)22-15-9-4-2-7-13(15)19-17(20)16-10-5-11-21-16/h1-11H,(H,19,20). The summed E-state index contributed by atoms with van der Waals surface area (Å²) >= 11 is 6.09. The number of amides is 1. The molecule has 4 nitrogen and oxygen atoms in total. The van der Waals surface area contributed by atoms with Crippen molar-refractivity contribution in [2.24, 2.45) is 0 Å². The van der Waals surface area contributed by atoms with Gasteiger partial charge in [-0.3, -0.25) is 4.79 Å². The molecule has 22 heavy (non-hydrogen) atoms. The topological polar surface area (TPSA) is 51.5 Å². The van der Waals surface area contributed by atoms with Crippen LogP contribution in [0.25, 0.3) is 0 Å². The van der Waals surface area contributed by atoms with Crippen LogP contribution in [0.2, 0.25) is 5.02 Å². The number of ether oxygens (including phenoxy) is 1. The number of nitrogens with one attached hydrogen (secondary N) is 1. The molecule has 0 aliphatic heterocycles. The number of furan rings is 1. The van der Waals surface area contributed by atoms with Crippen LogP contribution in [-0.4, -0.2) is 5.91 Å². The highest BCUT2D eigenvalue weighted by molar-refractivity contribution is 6.32. The van der Waals surface area contributed by atoms with Crippen molar-refractivity contribution in [1.82, 2.24) is 0 Å². The van der Waals surface area contributed by atoms with E-state index in [1.165, 1.54) is 6.26 Å². The van der Waals surface area contributed by atoms with Crippen LogP contribution in [-0.2, 0) is 0 Å². The van der Waals surface area contributed by atoms with E-state index in [1.807, 2.05) is 18.2 Å². The van der Waals surface area contributed by atoms with Crippen LogP contribution in [0.15, 0.2) is 71.3 Å². The molecule has 0 radical (unpaired) electrons. The summed E-state index contributed by atoms with van der Waals surface area (Å²) in [6.07, 6.45) is 1.45. The highest BCUT2D eigenvalue weighted by Gasteiger charge is 2.13. The Morgan fingerprint density at radius 3 is 2.41 bits per heavy atom. The Kier molecular flexibility index (Phi) is 4.12. The molecule has 0 spiro atoms. The lowest BCUT2D eigenvalue weighted by Crippen LogP contribution is -2.11. The molecule has 1 heterocycles. The third-order valence-electron chi connectivity index (χ3n) is 2.94. The van der Waals surface area contributed by atoms with Crippen molar-refractivity contribution in [3.63, 3.8) is 0 Å². The van der Waals surface area contributed by atoms with E-state index in [0.29, 0.717) is 22.2 Å². The molecule has 0 saturated heterocycles. The van der Waals surface area contributed by atoms with Gasteiger partial charge in [-0.05, 0) is 36.4 Å². The van der Waals surface area contributed by atoms with Gasteiger partial charge < -0.3 is 14.5 Å². The van der Waals surface area contributed by atoms with Crippen molar-refractivity contribution in [2.75, 3.05) is 5.32 Å². The maximum absolute atomic E-state index is 12.1. The molecule has 0 bridgehead atoms. The zero-order valence-corrected chi connectivity index (χ0v) is 12.2. The fraction of sp³-hybridized carbons (Fsp3) is 0. The highest BCUT2D eigenvalue weighted by atomic mass is 35.5. The van der Waals surface area contributed by atoms with Gasteiger partial charge in [0.15, 0.2) is 11.5 Å². The predicted molar refractivity (Wildman–Crippen MR) is 84.6 cm³/mol. The van der Waals surface area contributed by atoms with Crippen molar-refractivity contribution in [3.05, 3.63) is 77.7 Å². The number of anilines is 1. The minimum atomic E-state index is -0.347. The Balaban J connectivity index is 1.84. The first-order valence-corrected chi connectivity index (χ1v) is 6.98. The second-order valence-electron chi connectivity index (χ2n) is 4.46. The van der Waals surface area contributed by atoms with Crippen molar-refractivity contribution in [1.29, 1.82) is 0 Å². The van der Waals surface area contributed by atoms with Gasteiger partial charge in [-0.1, -0.05) is 35.9 Å². The molecular weight excluding hydrogens is 302 g/mol. The maximum atomic E-state index is 12.1. The lowest BCUT2D eigenvalue weighted by molar-refractivity contribution is 0.0996. The number of hydrogen-bond donors (Lipinski definition) is 1. The molecule has 3 aromatic rings. The molecule has 1 amide bonds. The lowest BCUT2D eigenvalue weighted by Gasteiger charge is -2.12. The second-order valence-corrected chi connectivity index (χ2v) is 4.87. The number of carbonyl (C=O) groups is 1. The summed E-state index contributed by atoms with van der Waals surface area (Å²) in [4.78, 5) is 12.1. The summed E-state index contributed by atoms with van der Waals surface area (Å²) in [5, 5.41) is 3.25. The Bertz CT molecular complexity index is 784. The summed E-state index contributed by atoms with van der Waals surface area (Å²) in [7, 11) is 0. The molecule has 1 N–H and O–H groups in total. The van der Waals surface area contributed by atoms with Crippen LogP contribution in [0.5, 0.6) is 11.5 Å². The predicted octanol–water partition coefficient (Wildman–Crippen LogP) is 4.98. The van der Waals surface area contributed by atoms with Crippen molar-refractivity contribution >= 4 is 23.2 Å². The van der Waals surface area contributed by atoms with E-state index >= 15 is 0 Å². The average Bonchev–Trinajstić information content (AvgIpc) is 3.06. The first-order chi connectivity index (χ1) is 10.7. The Morgan fingerprint density at radius 2 is 1.68 bits per heavy atom. The van der Waals surface area contributed by atoms with Crippen molar-refractivity contribution in [2.45, 2.75) is 0 Å². The highest BCUT2D eigenvalue weighted by Crippen LogP contribution is 2.33. The first-order valence-electron chi connectivity index (χ1n) is 6.60. The van der Waals surface area contributed by atoms with Crippen LogP contribution in [0.4, 0.5) is 5.69 Å². The van der Waals surface area contributed by atoms with Gasteiger partial charge in [-0.15, -0.1) is 0 Å². The Hall–Kier alpha value is -2.72. The number of carbonyl (C=O) groups excluding carboxylic acids is 1. The zero-order chi connectivity index (χ0) is 15.4. The van der Waals surface area contributed by atoms with Crippen LogP contribution >= 0.6 is 11.6 Å². The van der Waals surface area contributed by atoms with Gasteiger partial charge in [0.25, 0.3) is 5.91 Å². The van der Waals surface area contributed by atoms with E-state index < -0.39 is 0 Å². The summed E-state index contributed by atoms with van der Waals surface area (Å²) in [6, 6.07) is 17.5. The van der Waals surface area contributed by atoms with Gasteiger partial charge in [0.05, 0.1) is 17.0 Å². The number of rotatable bonds is 4. The van der Waals surface area contributed by atoms with Gasteiger partial charge >= 0.3 is 0 Å². The third kappa shape index (κ3) is 3.13. The first kappa shape index (κ1) is 14.2. The van der Waals surface area contributed by atoms with Gasteiger partial charge in [0, 0.05) is 0 Å². The van der Waals surface area contributed by atoms with Crippen LogP contribution in [0.1, 0.15) is 10.6 Å². The minimum Gasteiger partial charge on any atom is -0.459 e. The molecule has 1 aromatic heterocycles. The summed E-state index contributed by atoms with van der Waals surface area (Å²) in [6.45, 7) is 0. The van der Waals surface area contributed by atoms with Gasteiger partial charge in [-0.25, -0.2) is 0 Å². The van der Waals surface area contributed by atoms with Crippen LogP contribution < -0.4 is 10.1 Å². The molecular formula is C17H12ClNO3. The summed E-state index contributed by atoms with van der Waals surface area (Å²) < 4.78 is 10.9. The molecule has 0 saturated carbocycles. The Morgan fingerprint density at radius 1 is 0.955 bits per heavy atom. The van der Waals surface area contributed by atoms with E-state index in [0.717, 1.165) is 0 Å². The molecule has 3 rings (SSSR count). The molecule has 0 atom stereocenters. The number of hydrogen-bond acceptors (Lipinski definition) is 3. The molecule has 110 valence electrons. The molecule has 5 heteroatoms. The van der Waals surface area contributed by atoms with Crippen LogP contribution in [0, 0.1) is 0 Å². The van der Waals surface area contributed by atoms with E-state index in [1.54, 1.807) is 42.5 Å². The number of para-hydroxylation sites is 3. The normalized spacial score (nSPS) is 10.2. The quantitative estimate of drug-likeness (QED) is 0.739. The molecule has 2 aromatic carbocycles. The molecule has 0 aliphatic carbocycles. The maximum Gasteiger partial charge on any atom is 0.291 e. The summed E-state index contributed by atoms with van der Waals surface area (Å²) in [5.74, 6) is 0.895. The average molecular weight is 314 g/mol. The SMILES string of the molecule is O=C(Nc1ccccc1Oc1ccccc1Cl)c1ccco1. The van der Waals surface area contributed by atoms with E-state index in [9.17, 15) is 4.79 Å². The Labute approximate surface area is 132 Å². The minimum absolute atomic E-state index is 0.229. The number of halogens is 1. The molecule has 0 fully saturated rings. The van der Waals surface area contributed by atoms with Crippen molar-refractivity contribution < 1.29 is 13.9 Å². The lowest BCUT2D eigenvalue weighted by atomic mass is 10.2. The molecule has 0 unspecified atom stereocenters. The third-order valence-corrected chi connectivity index (χ3v) is 3.25. The van der Waals surface area contributed by atoms with Crippen LogP contribution in [0.3, 0.4) is 0 Å². The zero-order valence-electron chi connectivity index (χ0n) is 11.5. The van der Waals surface area contributed by atoms with E-state index in [-0.39, 0.29) is 11.7 Å². The fourth-order valence-corrected chi connectivity index (χ4v) is 2.07. The largest absolute Gasteiger partial charge is 0.459 e. The molecule has 0 aliphatic rings. The number of benzene rings is 2. The van der Waals surface area contributed by atoms with Gasteiger partial charge in [-0.2, -0.15) is 0 Å². The fourth-order valence-electron chi connectivity index (χ4n) is 1.90. The van der Waals surface area contributed by atoms with Gasteiger partial charge in [0.1, 0.15) is 5.75 Å². The van der Waals surface area contributed by atoms with Gasteiger partial charge in [0.2, 0.25) is 0 Å². The second kappa shape index (κ2) is 6.37.